The van der Waals surface area contributed by atoms with Crippen molar-refractivity contribution in [2.45, 2.75) is 24.8 Å². The van der Waals surface area contributed by atoms with Crippen molar-refractivity contribution in [1.29, 1.82) is 0 Å². The molecule has 26 heavy (non-hydrogen) atoms. The number of benzene rings is 1. The first-order chi connectivity index (χ1) is 12.4. The molecule has 0 aliphatic heterocycles. The Morgan fingerprint density at radius 2 is 2.15 bits per heavy atom. The number of carbonyl (C=O) groups excluding carboxylic acids is 1. The fraction of sp³-hybridized carbons (Fsp3) is 0.250. The first-order valence-corrected chi connectivity index (χ1v) is 9.46. The van der Waals surface area contributed by atoms with Crippen LogP contribution >= 0.6 is 35.6 Å². The Balaban J connectivity index is 2.00. The zero-order valence-corrected chi connectivity index (χ0v) is 16.2. The molecule has 0 unspecified atom stereocenters. The van der Waals surface area contributed by atoms with Crippen molar-refractivity contribution in [3.8, 4) is 5.88 Å². The summed E-state index contributed by atoms with van der Waals surface area (Å²) in [6.45, 7) is 2.37. The van der Waals surface area contributed by atoms with Crippen molar-refractivity contribution in [1.82, 2.24) is 15.0 Å². The van der Waals surface area contributed by atoms with Crippen LogP contribution in [0.5, 0.6) is 5.88 Å². The summed E-state index contributed by atoms with van der Waals surface area (Å²) in [7, 11) is 0. The highest BCUT2D eigenvalue weighted by molar-refractivity contribution is 8.00. The van der Waals surface area contributed by atoms with Gasteiger partial charge in [-0.2, -0.15) is 5.10 Å². The van der Waals surface area contributed by atoms with E-state index in [0.29, 0.717) is 11.6 Å². The third-order valence-corrected chi connectivity index (χ3v) is 4.81. The van der Waals surface area contributed by atoms with Crippen LogP contribution in [0, 0.1) is 4.77 Å². The van der Waals surface area contributed by atoms with Crippen LogP contribution in [0.2, 0.25) is 5.02 Å². The highest BCUT2D eigenvalue weighted by Gasteiger charge is 2.10. The zero-order chi connectivity index (χ0) is 19.1. The largest absolute Gasteiger partial charge is 0.494 e. The molecule has 1 amide bonds. The SMILES string of the molecule is CCCn1c(O)c(C=NNC(=O)CSc2ccc(Cl)cc2)c(=O)[nH]c1=S. The molecule has 0 saturated carbocycles. The average Bonchev–Trinajstić information content (AvgIpc) is 2.61. The zero-order valence-electron chi connectivity index (χ0n) is 13.9. The molecule has 1 heterocycles. The van der Waals surface area contributed by atoms with Crippen LogP contribution in [0.1, 0.15) is 18.9 Å². The van der Waals surface area contributed by atoms with Gasteiger partial charge in [-0.3, -0.25) is 19.1 Å². The van der Waals surface area contributed by atoms with E-state index in [2.05, 4.69) is 15.5 Å². The van der Waals surface area contributed by atoms with E-state index in [1.807, 2.05) is 19.1 Å². The lowest BCUT2D eigenvalue weighted by molar-refractivity contribution is -0.118. The van der Waals surface area contributed by atoms with Crippen LogP contribution in [-0.2, 0) is 11.3 Å². The van der Waals surface area contributed by atoms with Crippen molar-refractivity contribution >= 4 is 47.7 Å². The molecule has 0 aliphatic carbocycles. The Hall–Kier alpha value is -2.10. The Bertz CT molecular complexity index is 923. The lowest BCUT2D eigenvalue weighted by Crippen LogP contribution is -2.22. The van der Waals surface area contributed by atoms with Gasteiger partial charge in [0.25, 0.3) is 5.56 Å². The molecular weight excluding hydrogens is 396 g/mol. The van der Waals surface area contributed by atoms with Crippen molar-refractivity contribution in [2.24, 2.45) is 5.10 Å². The predicted octanol–water partition coefficient (Wildman–Crippen LogP) is 2.92. The van der Waals surface area contributed by atoms with E-state index in [4.69, 9.17) is 23.8 Å². The molecule has 10 heteroatoms. The van der Waals surface area contributed by atoms with Gasteiger partial charge in [-0.05, 0) is 42.9 Å². The number of nitrogens with one attached hydrogen (secondary N) is 2. The highest BCUT2D eigenvalue weighted by atomic mass is 35.5. The molecule has 0 radical (unpaired) electrons. The molecule has 2 rings (SSSR count). The first kappa shape index (κ1) is 20.2. The second-order valence-corrected chi connectivity index (χ2v) is 7.06. The number of halogens is 1. The third kappa shape index (κ3) is 5.45. The maximum absolute atomic E-state index is 11.9. The highest BCUT2D eigenvalue weighted by Crippen LogP contribution is 2.19. The Morgan fingerprint density at radius 1 is 1.46 bits per heavy atom. The van der Waals surface area contributed by atoms with E-state index in [-0.39, 0.29) is 27.9 Å². The van der Waals surface area contributed by atoms with Gasteiger partial charge >= 0.3 is 0 Å². The normalized spacial score (nSPS) is 11.0. The average molecular weight is 413 g/mol. The van der Waals surface area contributed by atoms with Gasteiger partial charge in [0.05, 0.1) is 12.0 Å². The Morgan fingerprint density at radius 3 is 2.81 bits per heavy atom. The maximum Gasteiger partial charge on any atom is 0.264 e. The molecular formula is C16H17ClN4O3S2. The van der Waals surface area contributed by atoms with Crippen molar-refractivity contribution in [3.63, 3.8) is 0 Å². The van der Waals surface area contributed by atoms with E-state index in [1.54, 1.807) is 12.1 Å². The smallest absolute Gasteiger partial charge is 0.264 e. The summed E-state index contributed by atoms with van der Waals surface area (Å²) in [6, 6.07) is 7.10. The number of aromatic hydroxyl groups is 1. The number of hydrogen-bond donors (Lipinski definition) is 3. The second kappa shape index (κ2) is 9.56. The molecule has 0 aliphatic rings. The molecule has 0 saturated heterocycles. The molecule has 1 aromatic heterocycles. The number of H-pyrrole nitrogens is 1. The van der Waals surface area contributed by atoms with E-state index in [1.165, 1.54) is 16.3 Å². The second-order valence-electron chi connectivity index (χ2n) is 5.18. The van der Waals surface area contributed by atoms with Gasteiger partial charge < -0.3 is 5.11 Å². The number of amides is 1. The molecule has 2 aromatic rings. The van der Waals surface area contributed by atoms with Crippen molar-refractivity contribution in [2.75, 3.05) is 5.75 Å². The predicted molar refractivity (Wildman–Crippen MR) is 106 cm³/mol. The molecule has 0 bridgehead atoms. The van der Waals surface area contributed by atoms with Gasteiger partial charge in [0.1, 0.15) is 5.56 Å². The van der Waals surface area contributed by atoms with Gasteiger partial charge in [-0.25, -0.2) is 5.43 Å². The number of thioether (sulfide) groups is 1. The minimum atomic E-state index is -0.576. The number of aromatic amines is 1. The molecule has 138 valence electrons. The molecule has 1 aromatic carbocycles. The lowest BCUT2D eigenvalue weighted by Gasteiger charge is -2.09. The number of rotatable bonds is 7. The first-order valence-electron chi connectivity index (χ1n) is 7.68. The topological polar surface area (TPSA) is 99.5 Å². The standard InChI is InChI=1S/C16H17ClN4O3S2/c1-2-7-21-15(24)12(14(23)19-16(21)25)8-18-20-13(22)9-26-11-5-3-10(17)4-6-11/h3-6,8,24H,2,7,9H2,1H3,(H,20,22)(H,19,23,25). The van der Waals surface area contributed by atoms with Gasteiger partial charge in [0.15, 0.2) is 4.77 Å². The van der Waals surface area contributed by atoms with Gasteiger partial charge in [-0.15, -0.1) is 11.8 Å². The summed E-state index contributed by atoms with van der Waals surface area (Å²) in [4.78, 5) is 27.1. The summed E-state index contributed by atoms with van der Waals surface area (Å²) in [6.07, 6.45) is 1.82. The van der Waals surface area contributed by atoms with Crippen LogP contribution in [0.3, 0.4) is 0 Å². The number of carbonyl (C=O) groups is 1. The van der Waals surface area contributed by atoms with E-state index >= 15 is 0 Å². The van der Waals surface area contributed by atoms with Gasteiger partial charge in [0, 0.05) is 16.5 Å². The monoisotopic (exact) mass is 412 g/mol. The minimum Gasteiger partial charge on any atom is -0.494 e. The van der Waals surface area contributed by atoms with Crippen LogP contribution < -0.4 is 11.0 Å². The van der Waals surface area contributed by atoms with E-state index in [0.717, 1.165) is 17.5 Å². The number of hydrogen-bond acceptors (Lipinski definition) is 6. The summed E-state index contributed by atoms with van der Waals surface area (Å²) < 4.78 is 1.53. The fourth-order valence-electron chi connectivity index (χ4n) is 2.00. The summed E-state index contributed by atoms with van der Waals surface area (Å²) >= 11 is 12.1. The number of aromatic nitrogens is 2. The lowest BCUT2D eigenvalue weighted by atomic mass is 10.3. The van der Waals surface area contributed by atoms with E-state index < -0.39 is 5.56 Å². The number of hydrazone groups is 1. The maximum atomic E-state index is 11.9. The molecule has 0 fully saturated rings. The van der Waals surface area contributed by atoms with Crippen molar-refractivity contribution < 1.29 is 9.90 Å². The summed E-state index contributed by atoms with van der Waals surface area (Å²) in [5, 5.41) is 14.5. The quantitative estimate of drug-likeness (QED) is 0.281. The Labute approximate surface area is 164 Å². The van der Waals surface area contributed by atoms with E-state index in [9.17, 15) is 14.7 Å². The van der Waals surface area contributed by atoms with Crippen LogP contribution in [-0.4, -0.2) is 32.5 Å². The summed E-state index contributed by atoms with van der Waals surface area (Å²) in [5.74, 6) is -0.491. The minimum absolute atomic E-state index is 0.0716. The summed E-state index contributed by atoms with van der Waals surface area (Å²) in [5.41, 5.74) is 1.67. The van der Waals surface area contributed by atoms with Crippen LogP contribution in [0.25, 0.3) is 0 Å². The number of nitrogens with zero attached hydrogens (tertiary/aromatic N) is 2. The van der Waals surface area contributed by atoms with Crippen molar-refractivity contribution in [3.05, 3.63) is 50.0 Å². The van der Waals surface area contributed by atoms with Gasteiger partial charge in [0.2, 0.25) is 11.8 Å². The van der Waals surface area contributed by atoms with Crippen LogP contribution in [0.4, 0.5) is 0 Å². The molecule has 0 atom stereocenters. The fourth-order valence-corrected chi connectivity index (χ4v) is 3.09. The molecule has 3 N–H and O–H groups in total. The molecule has 0 spiro atoms. The van der Waals surface area contributed by atoms with Crippen LogP contribution in [0.15, 0.2) is 39.1 Å². The third-order valence-electron chi connectivity index (χ3n) is 3.22. The molecule has 7 nitrogen and oxygen atoms in total. The van der Waals surface area contributed by atoms with Gasteiger partial charge in [-0.1, -0.05) is 18.5 Å². The Kier molecular flexibility index (Phi) is 7.43.